The Hall–Kier alpha value is -1.13. The Bertz CT molecular complexity index is 394. The standard InChI is InChI=1S/C16H19P/c1-17(2)13-16(14-9-5-3-6-10-14)15-11-7-4-8-12-15/h3-12,16H,13H2,1-2H3. The molecule has 0 saturated carbocycles. The zero-order valence-corrected chi connectivity index (χ0v) is 11.4. The normalized spacial score (nSPS) is 11.1. The van der Waals surface area contributed by atoms with Crippen LogP contribution < -0.4 is 0 Å². The van der Waals surface area contributed by atoms with Gasteiger partial charge in [0.1, 0.15) is 0 Å². The molecule has 1 heteroatoms. The van der Waals surface area contributed by atoms with Crippen molar-refractivity contribution in [2.24, 2.45) is 0 Å². The highest BCUT2D eigenvalue weighted by molar-refractivity contribution is 7.56. The predicted molar refractivity (Wildman–Crippen MR) is 78.4 cm³/mol. The summed E-state index contributed by atoms with van der Waals surface area (Å²) in [4.78, 5) is 0. The second-order valence-corrected chi connectivity index (χ2v) is 7.16. The number of rotatable bonds is 4. The smallest absolute Gasteiger partial charge is 0.0128 e. The van der Waals surface area contributed by atoms with Crippen molar-refractivity contribution < 1.29 is 0 Å². The van der Waals surface area contributed by atoms with Gasteiger partial charge < -0.3 is 0 Å². The molecule has 2 aromatic rings. The molecule has 0 aliphatic heterocycles. The average Bonchev–Trinajstić information content (AvgIpc) is 2.38. The van der Waals surface area contributed by atoms with Gasteiger partial charge in [0.2, 0.25) is 0 Å². The highest BCUT2D eigenvalue weighted by atomic mass is 31.1. The maximum Gasteiger partial charge on any atom is 0.0128 e. The summed E-state index contributed by atoms with van der Waals surface area (Å²) in [5.41, 5.74) is 2.88. The van der Waals surface area contributed by atoms with Crippen LogP contribution in [-0.4, -0.2) is 19.5 Å². The second-order valence-electron chi connectivity index (χ2n) is 4.64. The molecule has 2 aromatic carbocycles. The molecule has 0 aliphatic rings. The number of hydrogen-bond acceptors (Lipinski definition) is 0. The van der Waals surface area contributed by atoms with E-state index in [0.717, 1.165) is 0 Å². The first kappa shape index (κ1) is 12.3. The fourth-order valence-corrected chi connectivity index (χ4v) is 3.29. The fraction of sp³-hybridized carbons (Fsp3) is 0.250. The third-order valence-electron chi connectivity index (χ3n) is 2.95. The van der Waals surface area contributed by atoms with Crippen molar-refractivity contribution in [3.8, 4) is 0 Å². The first-order chi connectivity index (χ1) is 8.27. The van der Waals surface area contributed by atoms with Crippen molar-refractivity contribution in [1.82, 2.24) is 0 Å². The second kappa shape index (κ2) is 5.98. The van der Waals surface area contributed by atoms with Gasteiger partial charge in [-0.2, -0.15) is 0 Å². The topological polar surface area (TPSA) is 0 Å². The number of benzene rings is 2. The molecule has 0 aromatic heterocycles. The van der Waals surface area contributed by atoms with Crippen LogP contribution in [0.3, 0.4) is 0 Å². The molecular weight excluding hydrogens is 223 g/mol. The van der Waals surface area contributed by atoms with E-state index in [-0.39, 0.29) is 7.92 Å². The Balaban J connectivity index is 2.32. The molecular formula is C16H19P. The fourth-order valence-electron chi connectivity index (χ4n) is 2.14. The SMILES string of the molecule is CP(C)CC(c1ccccc1)c1ccccc1. The lowest BCUT2D eigenvalue weighted by molar-refractivity contribution is 0.931. The summed E-state index contributed by atoms with van der Waals surface area (Å²) >= 11 is 0. The van der Waals surface area contributed by atoms with E-state index in [1.54, 1.807) is 0 Å². The van der Waals surface area contributed by atoms with Gasteiger partial charge in [0.05, 0.1) is 0 Å². The first-order valence-electron chi connectivity index (χ1n) is 6.02. The zero-order valence-electron chi connectivity index (χ0n) is 10.5. The van der Waals surface area contributed by atoms with Crippen LogP contribution in [0.2, 0.25) is 0 Å². The summed E-state index contributed by atoms with van der Waals surface area (Å²) in [6.45, 7) is 4.71. The van der Waals surface area contributed by atoms with E-state index in [1.165, 1.54) is 17.3 Å². The van der Waals surface area contributed by atoms with Crippen LogP contribution in [0.5, 0.6) is 0 Å². The van der Waals surface area contributed by atoms with Crippen LogP contribution in [0.4, 0.5) is 0 Å². The van der Waals surface area contributed by atoms with Gasteiger partial charge in [-0.1, -0.05) is 60.7 Å². The molecule has 0 N–H and O–H groups in total. The summed E-state index contributed by atoms with van der Waals surface area (Å²) in [6.07, 6.45) is 1.27. The largest absolute Gasteiger partial charge is 0.112 e. The van der Waals surface area contributed by atoms with E-state index >= 15 is 0 Å². The summed E-state index contributed by atoms with van der Waals surface area (Å²) in [5.74, 6) is 0.554. The van der Waals surface area contributed by atoms with Crippen LogP contribution in [0.25, 0.3) is 0 Å². The minimum Gasteiger partial charge on any atom is -0.112 e. The minimum absolute atomic E-state index is 0.113. The summed E-state index contributed by atoms with van der Waals surface area (Å²) in [5, 5.41) is 0. The van der Waals surface area contributed by atoms with Crippen LogP contribution in [0.15, 0.2) is 60.7 Å². The van der Waals surface area contributed by atoms with Crippen LogP contribution in [0.1, 0.15) is 17.0 Å². The van der Waals surface area contributed by atoms with E-state index in [4.69, 9.17) is 0 Å². The average molecular weight is 242 g/mol. The van der Waals surface area contributed by atoms with Crippen molar-refractivity contribution in [1.29, 1.82) is 0 Å². The summed E-state index contributed by atoms with van der Waals surface area (Å²) in [7, 11) is 0.113. The molecule has 0 saturated heterocycles. The van der Waals surface area contributed by atoms with Crippen molar-refractivity contribution in [2.45, 2.75) is 5.92 Å². The summed E-state index contributed by atoms with van der Waals surface area (Å²) < 4.78 is 0. The molecule has 0 radical (unpaired) electrons. The maximum absolute atomic E-state index is 2.36. The Morgan fingerprint density at radius 3 is 1.53 bits per heavy atom. The predicted octanol–water partition coefficient (Wildman–Crippen LogP) is 4.56. The highest BCUT2D eigenvalue weighted by Gasteiger charge is 2.14. The van der Waals surface area contributed by atoms with E-state index in [2.05, 4.69) is 74.0 Å². The van der Waals surface area contributed by atoms with Crippen LogP contribution in [-0.2, 0) is 0 Å². The molecule has 0 fully saturated rings. The molecule has 0 amide bonds. The van der Waals surface area contributed by atoms with E-state index < -0.39 is 0 Å². The van der Waals surface area contributed by atoms with Gasteiger partial charge in [-0.25, -0.2) is 0 Å². The number of hydrogen-bond donors (Lipinski definition) is 0. The van der Waals surface area contributed by atoms with Crippen molar-refractivity contribution in [3.05, 3.63) is 71.8 Å². The first-order valence-corrected chi connectivity index (χ1v) is 8.44. The van der Waals surface area contributed by atoms with Crippen molar-refractivity contribution >= 4 is 7.92 Å². The molecule has 88 valence electrons. The van der Waals surface area contributed by atoms with Gasteiger partial charge in [0.15, 0.2) is 0 Å². The van der Waals surface area contributed by atoms with Gasteiger partial charge in [-0.05, 0) is 30.6 Å². The van der Waals surface area contributed by atoms with E-state index in [9.17, 15) is 0 Å². The van der Waals surface area contributed by atoms with Crippen molar-refractivity contribution in [2.75, 3.05) is 19.5 Å². The molecule has 0 atom stereocenters. The third-order valence-corrected chi connectivity index (χ3v) is 4.05. The van der Waals surface area contributed by atoms with Crippen LogP contribution in [0, 0.1) is 0 Å². The van der Waals surface area contributed by atoms with Crippen molar-refractivity contribution in [3.63, 3.8) is 0 Å². The van der Waals surface area contributed by atoms with Gasteiger partial charge in [0, 0.05) is 5.92 Å². The molecule has 17 heavy (non-hydrogen) atoms. The Labute approximate surface area is 105 Å². The molecule has 0 unspecified atom stereocenters. The minimum atomic E-state index is 0.113. The Kier molecular flexibility index (Phi) is 4.34. The Morgan fingerprint density at radius 1 is 0.765 bits per heavy atom. The molecule has 0 heterocycles. The third kappa shape index (κ3) is 3.41. The Morgan fingerprint density at radius 2 is 1.18 bits per heavy atom. The molecule has 2 rings (SSSR count). The summed E-state index contributed by atoms with van der Waals surface area (Å²) in [6, 6.07) is 21.7. The molecule has 0 spiro atoms. The monoisotopic (exact) mass is 242 g/mol. The van der Waals surface area contributed by atoms with E-state index in [1.807, 2.05) is 0 Å². The quantitative estimate of drug-likeness (QED) is 0.689. The molecule has 0 bridgehead atoms. The van der Waals surface area contributed by atoms with Gasteiger partial charge in [0.25, 0.3) is 0 Å². The molecule has 0 nitrogen and oxygen atoms in total. The van der Waals surface area contributed by atoms with Gasteiger partial charge in [-0.15, -0.1) is 7.92 Å². The van der Waals surface area contributed by atoms with Crippen LogP contribution >= 0.6 is 7.92 Å². The van der Waals surface area contributed by atoms with Gasteiger partial charge >= 0.3 is 0 Å². The molecule has 0 aliphatic carbocycles. The maximum atomic E-state index is 2.36. The lowest BCUT2D eigenvalue weighted by Crippen LogP contribution is -2.04. The zero-order chi connectivity index (χ0) is 12.1. The van der Waals surface area contributed by atoms with E-state index in [0.29, 0.717) is 5.92 Å². The lowest BCUT2D eigenvalue weighted by Gasteiger charge is -2.20. The highest BCUT2D eigenvalue weighted by Crippen LogP contribution is 2.36. The van der Waals surface area contributed by atoms with Gasteiger partial charge in [-0.3, -0.25) is 0 Å². The lowest BCUT2D eigenvalue weighted by atomic mass is 9.93.